The predicted molar refractivity (Wildman–Crippen MR) is 42.2 cm³/mol. The van der Waals surface area contributed by atoms with E-state index < -0.39 is 0 Å². The van der Waals surface area contributed by atoms with Crippen molar-refractivity contribution >= 4 is 6.21 Å². The lowest BCUT2D eigenvalue weighted by Gasteiger charge is -2.27. The van der Waals surface area contributed by atoms with Crippen LogP contribution >= 0.6 is 0 Å². The lowest BCUT2D eigenvalue weighted by molar-refractivity contribution is 0.279. The third-order valence-electron chi connectivity index (χ3n) is 1.60. The summed E-state index contributed by atoms with van der Waals surface area (Å²) in [6.45, 7) is 4.25. The topological polar surface area (TPSA) is 15.6 Å². The fourth-order valence-electron chi connectivity index (χ4n) is 0.431. The van der Waals surface area contributed by atoms with Crippen LogP contribution in [0.25, 0.3) is 0 Å². The summed E-state index contributed by atoms with van der Waals surface area (Å²) in [6.07, 6.45) is 1.94. The Morgan fingerprint density at radius 3 is 1.89 bits per heavy atom. The lowest BCUT2D eigenvalue weighted by atomic mass is 10.1. The summed E-state index contributed by atoms with van der Waals surface area (Å²) in [4.78, 5) is 6.09. The van der Waals surface area contributed by atoms with E-state index in [1.54, 1.807) is 7.05 Å². The van der Waals surface area contributed by atoms with Crippen molar-refractivity contribution in [1.29, 1.82) is 0 Å². The third-order valence-corrected chi connectivity index (χ3v) is 1.60. The van der Waals surface area contributed by atoms with Crippen LogP contribution in [-0.4, -0.2) is 37.8 Å². The standard InChI is InChI=1S/C7H16N2/c1-7(2,6-8-3)9(4)5/h6H,1-5H3. The van der Waals surface area contributed by atoms with Gasteiger partial charge in [0, 0.05) is 18.8 Å². The molecule has 0 unspecified atom stereocenters. The average Bonchev–Trinajstić information content (AvgIpc) is 1.65. The summed E-state index contributed by atoms with van der Waals surface area (Å²) in [6, 6.07) is 0. The predicted octanol–water partition coefficient (Wildman–Crippen LogP) is 1.03. The van der Waals surface area contributed by atoms with Crippen molar-refractivity contribution in [3.05, 3.63) is 0 Å². The molecule has 2 heteroatoms. The van der Waals surface area contributed by atoms with E-state index in [-0.39, 0.29) is 5.54 Å². The minimum atomic E-state index is 0.0920. The van der Waals surface area contributed by atoms with Gasteiger partial charge in [0.05, 0.1) is 0 Å². The maximum atomic E-state index is 3.96. The van der Waals surface area contributed by atoms with Gasteiger partial charge in [-0.2, -0.15) is 0 Å². The van der Waals surface area contributed by atoms with Gasteiger partial charge in [-0.15, -0.1) is 0 Å². The molecule has 0 saturated carbocycles. The van der Waals surface area contributed by atoms with Gasteiger partial charge in [-0.1, -0.05) is 0 Å². The molecule has 9 heavy (non-hydrogen) atoms. The first-order chi connectivity index (χ1) is 4.00. The van der Waals surface area contributed by atoms with Gasteiger partial charge in [0.1, 0.15) is 0 Å². The van der Waals surface area contributed by atoms with Crippen LogP contribution in [0.15, 0.2) is 4.99 Å². The van der Waals surface area contributed by atoms with E-state index in [1.165, 1.54) is 0 Å². The second-order valence-electron chi connectivity index (χ2n) is 2.94. The largest absolute Gasteiger partial charge is 0.299 e. The smallest absolute Gasteiger partial charge is 0.0496 e. The van der Waals surface area contributed by atoms with Gasteiger partial charge in [-0.05, 0) is 27.9 Å². The highest BCUT2D eigenvalue weighted by atomic mass is 15.1. The van der Waals surface area contributed by atoms with E-state index in [9.17, 15) is 0 Å². The molecule has 0 aliphatic rings. The maximum Gasteiger partial charge on any atom is 0.0496 e. The first-order valence-corrected chi connectivity index (χ1v) is 3.11. The van der Waals surface area contributed by atoms with E-state index in [2.05, 4.69) is 23.7 Å². The summed E-state index contributed by atoms with van der Waals surface area (Å²) < 4.78 is 0. The number of nitrogens with zero attached hydrogens (tertiary/aromatic N) is 2. The summed E-state index contributed by atoms with van der Waals surface area (Å²) in [5, 5.41) is 0. The number of hydrogen-bond acceptors (Lipinski definition) is 2. The second-order valence-corrected chi connectivity index (χ2v) is 2.94. The molecule has 54 valence electrons. The third kappa shape index (κ3) is 2.61. The number of hydrogen-bond donors (Lipinski definition) is 0. The van der Waals surface area contributed by atoms with Crippen LogP contribution in [0, 0.1) is 0 Å². The Bertz CT molecular complexity index is 103. The van der Waals surface area contributed by atoms with Crippen molar-refractivity contribution < 1.29 is 0 Å². The highest BCUT2D eigenvalue weighted by Gasteiger charge is 2.15. The first kappa shape index (κ1) is 8.63. The molecule has 0 aliphatic carbocycles. The van der Waals surface area contributed by atoms with Gasteiger partial charge < -0.3 is 0 Å². The molecule has 0 rings (SSSR count). The Labute approximate surface area is 57.6 Å². The fourth-order valence-corrected chi connectivity index (χ4v) is 0.431. The first-order valence-electron chi connectivity index (χ1n) is 3.11. The van der Waals surface area contributed by atoms with E-state index in [0.29, 0.717) is 0 Å². The van der Waals surface area contributed by atoms with Crippen LogP contribution in [-0.2, 0) is 0 Å². The zero-order valence-corrected chi connectivity index (χ0v) is 6.97. The number of aliphatic imine (C=N–C) groups is 1. The summed E-state index contributed by atoms with van der Waals surface area (Å²) in [5.41, 5.74) is 0.0920. The van der Waals surface area contributed by atoms with E-state index in [0.717, 1.165) is 0 Å². The molecule has 0 heterocycles. The molecule has 0 fully saturated rings. The molecule has 0 aromatic rings. The Hall–Kier alpha value is -0.370. The molecule has 0 amide bonds. The molecule has 0 N–H and O–H groups in total. The molecule has 0 saturated heterocycles. The molecule has 2 nitrogen and oxygen atoms in total. The number of rotatable bonds is 2. The van der Waals surface area contributed by atoms with Crippen LogP contribution < -0.4 is 0 Å². The summed E-state index contributed by atoms with van der Waals surface area (Å²) in [5.74, 6) is 0. The van der Waals surface area contributed by atoms with E-state index in [1.807, 2.05) is 20.3 Å². The summed E-state index contributed by atoms with van der Waals surface area (Å²) >= 11 is 0. The van der Waals surface area contributed by atoms with Gasteiger partial charge in [0.2, 0.25) is 0 Å². The molecular formula is C7H16N2. The highest BCUT2D eigenvalue weighted by molar-refractivity contribution is 5.68. The molecule has 0 atom stereocenters. The SMILES string of the molecule is CN=CC(C)(C)N(C)C. The Morgan fingerprint density at radius 2 is 1.78 bits per heavy atom. The molecule has 0 spiro atoms. The Morgan fingerprint density at radius 1 is 1.33 bits per heavy atom. The van der Waals surface area contributed by atoms with E-state index >= 15 is 0 Å². The Balaban J connectivity index is 4.01. The summed E-state index contributed by atoms with van der Waals surface area (Å²) in [7, 11) is 5.88. The lowest BCUT2D eigenvalue weighted by Crippen LogP contribution is -2.39. The van der Waals surface area contributed by atoms with Crippen LogP contribution in [0.4, 0.5) is 0 Å². The molecule has 0 aromatic carbocycles. The minimum absolute atomic E-state index is 0.0920. The zero-order chi connectivity index (χ0) is 7.49. The van der Waals surface area contributed by atoms with Crippen molar-refractivity contribution in [2.24, 2.45) is 4.99 Å². The van der Waals surface area contributed by atoms with Crippen molar-refractivity contribution in [2.45, 2.75) is 19.4 Å². The fraction of sp³-hybridized carbons (Fsp3) is 0.857. The van der Waals surface area contributed by atoms with Gasteiger partial charge >= 0.3 is 0 Å². The van der Waals surface area contributed by atoms with Gasteiger partial charge in [-0.3, -0.25) is 9.89 Å². The van der Waals surface area contributed by atoms with Crippen LogP contribution in [0.1, 0.15) is 13.8 Å². The van der Waals surface area contributed by atoms with Crippen LogP contribution in [0.3, 0.4) is 0 Å². The van der Waals surface area contributed by atoms with Gasteiger partial charge in [-0.25, -0.2) is 0 Å². The monoisotopic (exact) mass is 128 g/mol. The van der Waals surface area contributed by atoms with Crippen LogP contribution in [0.5, 0.6) is 0 Å². The molecule has 0 aromatic heterocycles. The normalized spacial score (nSPS) is 13.6. The molecule has 0 aliphatic heterocycles. The zero-order valence-electron chi connectivity index (χ0n) is 6.97. The van der Waals surface area contributed by atoms with Gasteiger partial charge in [0.15, 0.2) is 0 Å². The Kier molecular flexibility index (Phi) is 2.85. The average molecular weight is 128 g/mol. The molecule has 0 bridgehead atoms. The second kappa shape index (κ2) is 2.97. The molecular weight excluding hydrogens is 112 g/mol. The van der Waals surface area contributed by atoms with Crippen molar-refractivity contribution in [1.82, 2.24) is 4.90 Å². The van der Waals surface area contributed by atoms with Gasteiger partial charge in [0.25, 0.3) is 0 Å². The minimum Gasteiger partial charge on any atom is -0.299 e. The maximum absolute atomic E-state index is 3.96. The van der Waals surface area contributed by atoms with Crippen molar-refractivity contribution in [2.75, 3.05) is 21.1 Å². The quantitative estimate of drug-likeness (QED) is 0.507. The highest BCUT2D eigenvalue weighted by Crippen LogP contribution is 2.04. The molecule has 0 radical (unpaired) electrons. The van der Waals surface area contributed by atoms with Crippen molar-refractivity contribution in [3.8, 4) is 0 Å². The van der Waals surface area contributed by atoms with Crippen molar-refractivity contribution in [3.63, 3.8) is 0 Å². The van der Waals surface area contributed by atoms with Crippen LogP contribution in [0.2, 0.25) is 0 Å². The van der Waals surface area contributed by atoms with E-state index in [4.69, 9.17) is 0 Å².